The third-order valence-corrected chi connectivity index (χ3v) is 3.73. The maximum Gasteiger partial charge on any atom is 0.236 e. The van der Waals surface area contributed by atoms with Crippen LogP contribution in [-0.4, -0.2) is 25.4 Å². The van der Waals surface area contributed by atoms with Gasteiger partial charge < -0.3 is 10.2 Å². The number of carbonyl (C=O) groups excluding carboxylic acids is 2. The molecule has 0 bridgehead atoms. The molecule has 0 atom stereocenters. The topological polar surface area (TPSA) is 49.4 Å². The van der Waals surface area contributed by atoms with Gasteiger partial charge in [-0.05, 0) is 36.2 Å². The summed E-state index contributed by atoms with van der Waals surface area (Å²) in [5, 5.41) is 3.45. The Bertz CT molecular complexity index is 656. The summed E-state index contributed by atoms with van der Waals surface area (Å²) in [5.74, 6) is -0.507. The highest BCUT2D eigenvalue weighted by Gasteiger charge is 2.14. The van der Waals surface area contributed by atoms with Gasteiger partial charge >= 0.3 is 0 Å². The second-order valence-corrected chi connectivity index (χ2v) is 5.63. The first-order chi connectivity index (χ1) is 11.1. The Morgan fingerprint density at radius 2 is 1.70 bits per heavy atom. The fourth-order valence-corrected chi connectivity index (χ4v) is 2.24. The quantitative estimate of drug-likeness (QED) is 0.828. The minimum absolute atomic E-state index is 0.161. The van der Waals surface area contributed by atoms with Crippen molar-refractivity contribution in [3.8, 4) is 0 Å². The van der Waals surface area contributed by atoms with Crippen LogP contribution in [0.4, 0.5) is 5.69 Å². The summed E-state index contributed by atoms with van der Waals surface area (Å²) >= 11 is 5.82. The summed E-state index contributed by atoms with van der Waals surface area (Å²) in [6.07, 6.45) is 0.539. The summed E-state index contributed by atoms with van der Waals surface area (Å²) in [6, 6.07) is 16.7. The Hall–Kier alpha value is -2.33. The van der Waals surface area contributed by atoms with Gasteiger partial charge in [-0.15, -0.1) is 0 Å². The highest BCUT2D eigenvalue weighted by atomic mass is 35.5. The standard InChI is InChI=1S/C18H19ClN2O2/c1-21(16-5-3-2-4-6-16)18(23)13-17(22)20-12-11-14-7-9-15(19)10-8-14/h2-10H,11-13H2,1H3,(H,20,22). The lowest BCUT2D eigenvalue weighted by molar-refractivity contribution is -0.127. The molecular formula is C18H19ClN2O2. The Balaban J connectivity index is 1.76. The lowest BCUT2D eigenvalue weighted by atomic mass is 10.1. The molecular weight excluding hydrogens is 312 g/mol. The Kier molecular flexibility index (Phi) is 6.18. The van der Waals surface area contributed by atoms with E-state index in [1.54, 1.807) is 7.05 Å². The smallest absolute Gasteiger partial charge is 0.236 e. The first kappa shape index (κ1) is 17.0. The van der Waals surface area contributed by atoms with Crippen LogP contribution in [-0.2, 0) is 16.0 Å². The number of carbonyl (C=O) groups is 2. The van der Waals surface area contributed by atoms with E-state index in [0.29, 0.717) is 18.0 Å². The van der Waals surface area contributed by atoms with E-state index in [-0.39, 0.29) is 18.2 Å². The Labute approximate surface area is 141 Å². The van der Waals surface area contributed by atoms with Crippen LogP contribution in [0.15, 0.2) is 54.6 Å². The molecule has 0 saturated carbocycles. The van der Waals surface area contributed by atoms with Gasteiger partial charge in [0.25, 0.3) is 0 Å². The Morgan fingerprint density at radius 1 is 1.04 bits per heavy atom. The number of anilines is 1. The predicted octanol–water partition coefficient (Wildman–Crippen LogP) is 3.05. The van der Waals surface area contributed by atoms with Crippen molar-refractivity contribution in [1.29, 1.82) is 0 Å². The van der Waals surface area contributed by atoms with Gasteiger partial charge in [-0.2, -0.15) is 0 Å². The van der Waals surface area contributed by atoms with Crippen molar-refractivity contribution in [3.63, 3.8) is 0 Å². The molecule has 5 heteroatoms. The van der Waals surface area contributed by atoms with Gasteiger partial charge in [0.05, 0.1) is 0 Å². The molecule has 0 heterocycles. The minimum Gasteiger partial charge on any atom is -0.355 e. The van der Waals surface area contributed by atoms with Crippen molar-refractivity contribution in [3.05, 3.63) is 65.2 Å². The number of amides is 2. The SMILES string of the molecule is CN(C(=O)CC(=O)NCCc1ccc(Cl)cc1)c1ccccc1. The van der Waals surface area contributed by atoms with Gasteiger partial charge in [-0.25, -0.2) is 0 Å². The average molecular weight is 331 g/mol. The zero-order chi connectivity index (χ0) is 16.7. The van der Waals surface area contributed by atoms with Gasteiger partial charge in [-0.3, -0.25) is 9.59 Å². The van der Waals surface area contributed by atoms with Crippen LogP contribution in [0.5, 0.6) is 0 Å². The van der Waals surface area contributed by atoms with Gasteiger partial charge in [-0.1, -0.05) is 41.9 Å². The van der Waals surface area contributed by atoms with Crippen molar-refractivity contribution in [2.24, 2.45) is 0 Å². The normalized spacial score (nSPS) is 10.2. The van der Waals surface area contributed by atoms with E-state index >= 15 is 0 Å². The molecule has 0 radical (unpaired) electrons. The molecule has 120 valence electrons. The van der Waals surface area contributed by atoms with Crippen LogP contribution < -0.4 is 10.2 Å². The number of nitrogens with one attached hydrogen (secondary N) is 1. The molecule has 0 aliphatic heterocycles. The van der Waals surface area contributed by atoms with Crippen LogP contribution in [0.3, 0.4) is 0 Å². The maximum atomic E-state index is 12.1. The van der Waals surface area contributed by atoms with Gasteiger partial charge in [0.2, 0.25) is 11.8 Å². The molecule has 2 aromatic rings. The lowest BCUT2D eigenvalue weighted by Gasteiger charge is -2.17. The summed E-state index contributed by atoms with van der Waals surface area (Å²) in [4.78, 5) is 25.4. The van der Waals surface area contributed by atoms with Crippen molar-refractivity contribution in [2.45, 2.75) is 12.8 Å². The first-order valence-corrected chi connectivity index (χ1v) is 7.77. The number of halogens is 1. The van der Waals surface area contributed by atoms with E-state index in [4.69, 9.17) is 11.6 Å². The van der Waals surface area contributed by atoms with Crippen LogP contribution in [0.1, 0.15) is 12.0 Å². The number of benzene rings is 2. The summed E-state index contributed by atoms with van der Waals surface area (Å²) in [7, 11) is 1.67. The number of hydrogen-bond donors (Lipinski definition) is 1. The molecule has 2 aromatic carbocycles. The van der Waals surface area contributed by atoms with E-state index in [0.717, 1.165) is 11.3 Å². The average Bonchev–Trinajstić information content (AvgIpc) is 2.56. The predicted molar refractivity (Wildman–Crippen MR) is 92.6 cm³/mol. The molecule has 0 unspecified atom stereocenters. The molecule has 0 fully saturated rings. The molecule has 0 aliphatic rings. The molecule has 4 nitrogen and oxygen atoms in total. The fourth-order valence-electron chi connectivity index (χ4n) is 2.11. The van der Waals surface area contributed by atoms with E-state index in [1.165, 1.54) is 4.90 Å². The summed E-state index contributed by atoms with van der Waals surface area (Å²) < 4.78 is 0. The molecule has 0 aromatic heterocycles. The van der Waals surface area contributed by atoms with E-state index in [2.05, 4.69) is 5.32 Å². The van der Waals surface area contributed by atoms with Crippen molar-refractivity contribution in [2.75, 3.05) is 18.5 Å². The van der Waals surface area contributed by atoms with Crippen LogP contribution >= 0.6 is 11.6 Å². The van der Waals surface area contributed by atoms with Gasteiger partial charge in [0.15, 0.2) is 0 Å². The number of rotatable bonds is 6. The van der Waals surface area contributed by atoms with E-state index in [9.17, 15) is 9.59 Å². The van der Waals surface area contributed by atoms with Crippen LogP contribution in [0.25, 0.3) is 0 Å². The van der Waals surface area contributed by atoms with Gasteiger partial charge in [0.1, 0.15) is 6.42 Å². The van der Waals surface area contributed by atoms with Gasteiger partial charge in [0, 0.05) is 24.3 Å². The molecule has 23 heavy (non-hydrogen) atoms. The molecule has 2 amide bonds. The van der Waals surface area contributed by atoms with Crippen molar-refractivity contribution in [1.82, 2.24) is 5.32 Å². The first-order valence-electron chi connectivity index (χ1n) is 7.39. The number of nitrogens with zero attached hydrogens (tertiary/aromatic N) is 1. The summed E-state index contributed by atoms with van der Waals surface area (Å²) in [6.45, 7) is 0.489. The highest BCUT2D eigenvalue weighted by molar-refractivity contribution is 6.30. The molecule has 0 spiro atoms. The van der Waals surface area contributed by atoms with Crippen molar-refractivity contribution < 1.29 is 9.59 Å². The Morgan fingerprint density at radius 3 is 2.35 bits per heavy atom. The van der Waals surface area contributed by atoms with Crippen molar-refractivity contribution >= 4 is 29.1 Å². The molecule has 0 aliphatic carbocycles. The van der Waals surface area contributed by atoms with E-state index in [1.807, 2.05) is 54.6 Å². The van der Waals surface area contributed by atoms with E-state index < -0.39 is 0 Å². The molecule has 0 saturated heterocycles. The number of para-hydroxylation sites is 1. The third-order valence-electron chi connectivity index (χ3n) is 3.48. The van der Waals surface area contributed by atoms with Crippen LogP contribution in [0.2, 0.25) is 5.02 Å². The third kappa shape index (κ3) is 5.42. The lowest BCUT2D eigenvalue weighted by Crippen LogP contribution is -2.34. The second-order valence-electron chi connectivity index (χ2n) is 5.19. The molecule has 2 rings (SSSR count). The maximum absolute atomic E-state index is 12.1. The minimum atomic E-state index is -0.272. The highest BCUT2D eigenvalue weighted by Crippen LogP contribution is 2.12. The fraction of sp³-hybridized carbons (Fsp3) is 0.222. The second kappa shape index (κ2) is 8.34. The zero-order valence-electron chi connectivity index (χ0n) is 13.0. The van der Waals surface area contributed by atoms with Crippen LogP contribution in [0, 0.1) is 0 Å². The monoisotopic (exact) mass is 330 g/mol. The largest absolute Gasteiger partial charge is 0.355 e. The number of hydrogen-bond acceptors (Lipinski definition) is 2. The summed E-state index contributed by atoms with van der Waals surface area (Å²) in [5.41, 5.74) is 1.86. The molecule has 1 N–H and O–H groups in total. The zero-order valence-corrected chi connectivity index (χ0v) is 13.7.